The molecule has 2 aromatic heterocycles. The van der Waals surface area contributed by atoms with Crippen LogP contribution in [0.15, 0.2) is 12.4 Å². The Morgan fingerprint density at radius 2 is 1.88 bits per heavy atom. The third kappa shape index (κ3) is 5.34. The number of nitrogens with zero attached hydrogens (tertiary/aromatic N) is 4. The number of rotatable bonds is 8. The number of halogens is 1. The van der Waals surface area contributed by atoms with Gasteiger partial charge in [-0.25, -0.2) is 23.2 Å². The number of nitrogen functional groups attached to an aromatic ring is 1. The largest absolute Gasteiger partial charge is 0.490 e. The van der Waals surface area contributed by atoms with Crippen molar-refractivity contribution in [2.45, 2.75) is 23.9 Å². The van der Waals surface area contributed by atoms with Crippen molar-refractivity contribution >= 4 is 46.4 Å². The number of nitrogens with two attached hydrogens (primary N) is 1. The zero-order chi connectivity index (χ0) is 25.7. The number of fused-ring (bicyclic) bond motifs is 1. The minimum Gasteiger partial charge on any atom is -0.387 e. The maximum atomic E-state index is 11.9. The number of hydrogen-bond acceptors (Lipinski definition) is 13. The molecule has 22 heteroatoms. The molecule has 0 radical (unpaired) electrons. The zero-order valence-corrected chi connectivity index (χ0v) is 19.7. The van der Waals surface area contributed by atoms with Crippen molar-refractivity contribution in [3.05, 3.63) is 23.1 Å². The van der Waals surface area contributed by atoms with Crippen molar-refractivity contribution in [2.24, 2.45) is 0 Å². The Morgan fingerprint density at radius 3 is 2.47 bits per heavy atom. The zero-order valence-electron chi connectivity index (χ0n) is 16.2. The van der Waals surface area contributed by atoms with E-state index in [1.165, 1.54) is 0 Å². The van der Waals surface area contributed by atoms with E-state index in [4.69, 9.17) is 31.9 Å². The molecule has 0 aromatic carbocycles. The van der Waals surface area contributed by atoms with Crippen LogP contribution in [0.4, 0.5) is 5.82 Å². The number of ether oxygens (including phenoxy) is 1. The van der Waals surface area contributed by atoms with Crippen molar-refractivity contribution in [3.8, 4) is 6.07 Å². The number of nitriles is 1. The molecule has 18 nitrogen and oxygen atoms in total. The van der Waals surface area contributed by atoms with Gasteiger partial charge in [0.25, 0.3) is 0 Å². The summed E-state index contributed by atoms with van der Waals surface area (Å²) in [6, 6.07) is 2.83. The third-order valence-corrected chi connectivity index (χ3v) is 8.45. The summed E-state index contributed by atoms with van der Waals surface area (Å²) < 4.78 is 52.0. The molecule has 6 atom stereocenters. The molecule has 3 heterocycles. The van der Waals surface area contributed by atoms with E-state index in [2.05, 4.69) is 23.2 Å². The van der Waals surface area contributed by atoms with Crippen molar-refractivity contribution < 1.29 is 61.4 Å². The Kier molecular flexibility index (Phi) is 7.31. The van der Waals surface area contributed by atoms with Gasteiger partial charge < -0.3 is 40.3 Å². The van der Waals surface area contributed by atoms with E-state index in [1.54, 1.807) is 6.07 Å². The second-order valence-corrected chi connectivity index (χ2v) is 11.4. The first-order valence-corrected chi connectivity index (χ1v) is 13.4. The molecule has 0 amide bonds. The van der Waals surface area contributed by atoms with E-state index in [0.29, 0.717) is 0 Å². The number of aliphatic hydroxyl groups excluding tert-OH is 2. The average molecular weight is 566 g/mol. The molecule has 188 valence electrons. The average Bonchev–Trinajstić information content (AvgIpc) is 3.14. The van der Waals surface area contributed by atoms with Crippen LogP contribution in [0.3, 0.4) is 0 Å². The topological polar surface area (TPSA) is 290 Å². The Bertz CT molecular complexity index is 1290. The summed E-state index contributed by atoms with van der Waals surface area (Å²) in [7, 11) is -16.9. The van der Waals surface area contributed by atoms with Gasteiger partial charge in [-0.2, -0.15) is 19.0 Å². The Hall–Kier alpha value is -1.51. The highest BCUT2D eigenvalue weighted by atomic mass is 35.5. The second kappa shape index (κ2) is 9.17. The lowest BCUT2D eigenvalue weighted by Gasteiger charge is -2.24. The minimum absolute atomic E-state index is 0.0373. The van der Waals surface area contributed by atoms with Crippen LogP contribution in [-0.2, 0) is 37.2 Å². The third-order valence-electron chi connectivity index (χ3n) is 4.36. The summed E-state index contributed by atoms with van der Waals surface area (Å²) >= 11 is 6.11. The summed E-state index contributed by atoms with van der Waals surface area (Å²) in [6.45, 7) is -1.13. The molecule has 2 aromatic rings. The lowest BCUT2D eigenvalue weighted by Crippen LogP contribution is -2.41. The molecule has 1 fully saturated rings. The number of phosphoric acid groups is 3. The van der Waals surface area contributed by atoms with Crippen LogP contribution >= 0.6 is 35.1 Å². The molecule has 1 saturated heterocycles. The lowest BCUT2D eigenvalue weighted by atomic mass is 9.92. The van der Waals surface area contributed by atoms with Crippen LogP contribution in [0.25, 0.3) is 5.52 Å². The normalized spacial score (nSPS) is 28.9. The van der Waals surface area contributed by atoms with Gasteiger partial charge in [-0.3, -0.25) is 4.52 Å². The van der Waals surface area contributed by atoms with Gasteiger partial charge in [0.15, 0.2) is 5.82 Å². The number of phosphoric ester groups is 1. The van der Waals surface area contributed by atoms with Crippen LogP contribution in [0.2, 0.25) is 5.02 Å². The van der Waals surface area contributed by atoms with E-state index < -0.39 is 54.0 Å². The predicted molar refractivity (Wildman–Crippen MR) is 106 cm³/mol. The van der Waals surface area contributed by atoms with Crippen LogP contribution < -0.4 is 5.73 Å². The van der Waals surface area contributed by atoms with Crippen molar-refractivity contribution in [3.63, 3.8) is 0 Å². The molecule has 1 aliphatic heterocycles. The number of aliphatic hydroxyl groups is 2. The number of aromatic nitrogens is 3. The molecule has 0 spiro atoms. The maximum absolute atomic E-state index is 11.9. The van der Waals surface area contributed by atoms with Crippen LogP contribution in [0, 0.1) is 11.3 Å². The van der Waals surface area contributed by atoms with Gasteiger partial charge in [-0.15, -0.1) is 0 Å². The summed E-state index contributed by atoms with van der Waals surface area (Å²) in [5.41, 5.74) is 3.23. The molecule has 2 unspecified atom stereocenters. The van der Waals surface area contributed by atoms with Gasteiger partial charge in [-0.05, 0) is 6.07 Å². The van der Waals surface area contributed by atoms with Crippen molar-refractivity contribution in [1.29, 1.82) is 5.26 Å². The highest BCUT2D eigenvalue weighted by Crippen LogP contribution is 2.66. The molecule has 3 rings (SSSR count). The van der Waals surface area contributed by atoms with E-state index in [0.717, 1.165) is 16.9 Å². The Morgan fingerprint density at radius 1 is 1.24 bits per heavy atom. The van der Waals surface area contributed by atoms with Gasteiger partial charge in [-0.1, -0.05) is 11.6 Å². The highest BCUT2D eigenvalue weighted by molar-refractivity contribution is 7.66. The van der Waals surface area contributed by atoms with Crippen LogP contribution in [-0.4, -0.2) is 69.3 Å². The maximum Gasteiger partial charge on any atom is 0.490 e. The lowest BCUT2D eigenvalue weighted by molar-refractivity contribution is -0.0634. The highest BCUT2D eigenvalue weighted by Gasteiger charge is 2.58. The molecule has 8 N–H and O–H groups in total. The molecule has 1 aliphatic rings. The fourth-order valence-corrected chi connectivity index (χ4v) is 6.38. The monoisotopic (exact) mass is 565 g/mol. The van der Waals surface area contributed by atoms with E-state index in [1.807, 2.05) is 0 Å². The predicted octanol–water partition coefficient (Wildman–Crippen LogP) is -0.852. The standard InChI is InChI=1S/C12H15ClN5O13P3/c13-5-1-7(18-8(5)11(15)16-4-17-18)12(3-14)10(20)9(19)6(29-12)2-28-33(24,25)31-34(26,27)30-32(21,22)23/h1,4,6,9-10,19-20H,2H2,(H,24,25)(H,26,27)(H2,15,16,17)(H2,21,22,23)/t6-,9-,10-,12+/m1/s1. The van der Waals surface area contributed by atoms with Gasteiger partial charge in [0, 0.05) is 0 Å². The number of anilines is 1. The number of hydrogen-bond donors (Lipinski definition) is 7. The van der Waals surface area contributed by atoms with Gasteiger partial charge in [0.05, 0.1) is 17.3 Å². The first-order valence-electron chi connectivity index (χ1n) is 8.53. The summed E-state index contributed by atoms with van der Waals surface area (Å²) in [4.78, 5) is 39.5. The second-order valence-electron chi connectivity index (χ2n) is 6.61. The fourth-order valence-electron chi connectivity index (χ4n) is 3.07. The molecule has 0 saturated carbocycles. The fraction of sp³-hybridized carbons (Fsp3) is 0.417. The molecule has 0 aliphatic carbocycles. The van der Waals surface area contributed by atoms with E-state index in [-0.39, 0.29) is 22.1 Å². The molecule has 0 bridgehead atoms. The van der Waals surface area contributed by atoms with E-state index >= 15 is 0 Å². The Balaban J connectivity index is 1.84. The van der Waals surface area contributed by atoms with Gasteiger partial charge in [0.1, 0.15) is 36.2 Å². The minimum atomic E-state index is -5.78. The SMILES string of the molecule is N#C[C@@]1(c2cc(Cl)c3c(N)ncnn23)O[C@H](COP(=O)(O)OP(=O)(O)OP(=O)(O)O)[C@@H](O)[C@H]1O. The summed E-state index contributed by atoms with van der Waals surface area (Å²) in [5.74, 6) is -0.0865. The van der Waals surface area contributed by atoms with Gasteiger partial charge >= 0.3 is 23.5 Å². The van der Waals surface area contributed by atoms with Crippen LogP contribution in [0.5, 0.6) is 0 Å². The van der Waals surface area contributed by atoms with Crippen molar-refractivity contribution in [1.82, 2.24) is 14.6 Å². The summed E-state index contributed by atoms with van der Waals surface area (Å²) in [6.07, 6.45) is -4.64. The first-order chi connectivity index (χ1) is 15.5. The quantitative estimate of drug-likeness (QED) is 0.192. The molecular weight excluding hydrogens is 551 g/mol. The summed E-state index contributed by atoms with van der Waals surface area (Å²) in [5, 5.41) is 34.6. The van der Waals surface area contributed by atoms with Crippen LogP contribution in [0.1, 0.15) is 5.69 Å². The smallest absolute Gasteiger partial charge is 0.387 e. The first kappa shape index (κ1) is 27.1. The molecule has 34 heavy (non-hydrogen) atoms. The van der Waals surface area contributed by atoms with Gasteiger partial charge in [0.2, 0.25) is 5.60 Å². The van der Waals surface area contributed by atoms with E-state index in [9.17, 15) is 39.0 Å². The Labute approximate surface area is 193 Å². The molecular formula is C12H15ClN5O13P3. The van der Waals surface area contributed by atoms with Crippen molar-refractivity contribution in [2.75, 3.05) is 12.3 Å².